The first-order valence-corrected chi connectivity index (χ1v) is 12.5. The van der Waals surface area contributed by atoms with Crippen molar-refractivity contribution in [3.8, 4) is 5.75 Å². The number of pyridine rings is 1. The molecule has 6 rings (SSSR count). The molecule has 0 spiro atoms. The van der Waals surface area contributed by atoms with Crippen LogP contribution in [0.25, 0.3) is 11.0 Å². The van der Waals surface area contributed by atoms with Crippen molar-refractivity contribution in [3.05, 3.63) is 45.9 Å². The molecule has 2 N–H and O–H groups in total. The van der Waals surface area contributed by atoms with Gasteiger partial charge in [0.05, 0.1) is 17.3 Å². The number of Topliss-reactive ketones (excluding diaryl/α,β-unsaturated/α-hetero) is 1. The molecule has 3 aliphatic rings. The second-order valence-electron chi connectivity index (χ2n) is 9.77. The van der Waals surface area contributed by atoms with Gasteiger partial charge < -0.3 is 20.3 Å². The molecule has 1 saturated carbocycles. The Hall–Kier alpha value is -3.46. The van der Waals surface area contributed by atoms with Crippen molar-refractivity contribution in [2.75, 3.05) is 36.5 Å². The fourth-order valence-corrected chi connectivity index (χ4v) is 5.79. The van der Waals surface area contributed by atoms with Crippen LogP contribution in [0.3, 0.4) is 0 Å². The van der Waals surface area contributed by atoms with E-state index in [9.17, 15) is 9.59 Å². The summed E-state index contributed by atoms with van der Waals surface area (Å²) in [5.74, 6) is 1.09. The van der Waals surface area contributed by atoms with Crippen LogP contribution in [-0.2, 0) is 0 Å². The Bertz CT molecular complexity index is 1380. The first-order chi connectivity index (χ1) is 17.0. The van der Waals surface area contributed by atoms with E-state index in [1.807, 2.05) is 19.1 Å². The average Bonchev–Trinajstić information content (AvgIpc) is 3.38. The molecule has 3 aromatic rings. The molecule has 1 atom stereocenters. The van der Waals surface area contributed by atoms with Crippen molar-refractivity contribution in [2.24, 2.45) is 0 Å². The first-order valence-electron chi connectivity index (χ1n) is 12.5. The van der Waals surface area contributed by atoms with Crippen molar-refractivity contribution in [2.45, 2.75) is 51.6 Å². The number of nitrogens with one attached hydrogen (secondary N) is 2. The number of hydrogen-bond acceptors (Lipinski definition) is 8. The van der Waals surface area contributed by atoms with Crippen LogP contribution in [0.4, 0.5) is 17.3 Å². The highest BCUT2D eigenvalue weighted by atomic mass is 16.5. The third-order valence-electron chi connectivity index (χ3n) is 7.56. The molecule has 1 aliphatic carbocycles. The number of rotatable bonds is 4. The van der Waals surface area contributed by atoms with Crippen LogP contribution in [0.5, 0.6) is 5.75 Å². The SMILES string of the molecule is CC(=O)c1c(C)c2cnc(Nc3ccc4c(c3)N3CCNC[C@H]3CO4)nc2n(C2CCCC2)c1=O. The molecule has 35 heavy (non-hydrogen) atoms. The van der Waals surface area contributed by atoms with Crippen LogP contribution in [0.15, 0.2) is 29.2 Å². The molecule has 0 bridgehead atoms. The summed E-state index contributed by atoms with van der Waals surface area (Å²) < 4.78 is 7.72. The number of ketones is 1. The summed E-state index contributed by atoms with van der Waals surface area (Å²) in [6, 6.07) is 6.39. The molecule has 9 heteroatoms. The van der Waals surface area contributed by atoms with Crippen molar-refractivity contribution >= 4 is 34.1 Å². The smallest absolute Gasteiger partial charge is 0.263 e. The Labute approximate surface area is 203 Å². The summed E-state index contributed by atoms with van der Waals surface area (Å²) in [6.07, 6.45) is 5.70. The monoisotopic (exact) mass is 474 g/mol. The second-order valence-corrected chi connectivity index (χ2v) is 9.77. The lowest BCUT2D eigenvalue weighted by atomic mass is 10.0. The minimum atomic E-state index is -0.241. The van der Waals surface area contributed by atoms with E-state index >= 15 is 0 Å². The minimum Gasteiger partial charge on any atom is -0.489 e. The zero-order valence-electron chi connectivity index (χ0n) is 20.1. The Balaban J connectivity index is 1.41. The molecule has 2 fully saturated rings. The van der Waals surface area contributed by atoms with Gasteiger partial charge in [0.25, 0.3) is 5.56 Å². The lowest BCUT2D eigenvalue weighted by Crippen LogP contribution is -2.55. The number of carbonyl (C=O) groups is 1. The largest absolute Gasteiger partial charge is 0.489 e. The van der Waals surface area contributed by atoms with E-state index in [2.05, 4.69) is 26.6 Å². The van der Waals surface area contributed by atoms with Crippen LogP contribution >= 0.6 is 0 Å². The fourth-order valence-electron chi connectivity index (χ4n) is 5.79. The highest BCUT2D eigenvalue weighted by molar-refractivity contribution is 5.99. The highest BCUT2D eigenvalue weighted by Crippen LogP contribution is 2.37. The lowest BCUT2D eigenvalue weighted by molar-refractivity contribution is 0.101. The molecule has 0 amide bonds. The van der Waals surface area contributed by atoms with Crippen LogP contribution in [0, 0.1) is 6.92 Å². The number of ether oxygens (including phenoxy) is 1. The van der Waals surface area contributed by atoms with E-state index in [0.717, 1.165) is 67.8 Å². The summed E-state index contributed by atoms with van der Waals surface area (Å²) in [5, 5.41) is 7.51. The maximum Gasteiger partial charge on any atom is 0.263 e. The molecule has 1 aromatic carbocycles. The number of benzene rings is 1. The molecule has 1 saturated heterocycles. The standard InChI is InChI=1S/C26H30N6O3/c1-15-20-13-28-26(30-24(20)32(18-5-3-4-6-18)25(34)23(15)16(2)33)29-17-7-8-22-21(11-17)31-10-9-27-12-19(31)14-35-22/h7-8,11,13,18-19,27H,3-6,9-10,12,14H2,1-2H3,(H,28,29,30)/t19-/m0/s1. The quantitative estimate of drug-likeness (QED) is 0.556. The van der Waals surface area contributed by atoms with Crippen LogP contribution in [0.2, 0.25) is 0 Å². The van der Waals surface area contributed by atoms with Gasteiger partial charge in [0.2, 0.25) is 5.95 Å². The topological polar surface area (TPSA) is 101 Å². The Morgan fingerprint density at radius 3 is 2.86 bits per heavy atom. The van der Waals surface area contributed by atoms with Gasteiger partial charge in [0, 0.05) is 42.9 Å². The Morgan fingerprint density at radius 1 is 1.23 bits per heavy atom. The molecule has 0 radical (unpaired) electrons. The molecular weight excluding hydrogens is 444 g/mol. The predicted molar refractivity (Wildman–Crippen MR) is 135 cm³/mol. The van der Waals surface area contributed by atoms with Crippen LogP contribution < -0.4 is 25.8 Å². The van der Waals surface area contributed by atoms with Gasteiger partial charge in [0.1, 0.15) is 18.0 Å². The van der Waals surface area contributed by atoms with E-state index in [1.165, 1.54) is 6.92 Å². The number of anilines is 3. The number of carbonyl (C=O) groups excluding carboxylic acids is 1. The third kappa shape index (κ3) is 3.74. The zero-order valence-corrected chi connectivity index (χ0v) is 20.1. The molecule has 4 heterocycles. The van der Waals surface area contributed by atoms with E-state index in [1.54, 1.807) is 10.8 Å². The molecule has 2 aliphatic heterocycles. The van der Waals surface area contributed by atoms with Gasteiger partial charge in [0.15, 0.2) is 5.78 Å². The van der Waals surface area contributed by atoms with Gasteiger partial charge in [-0.3, -0.25) is 14.2 Å². The molecular formula is C26H30N6O3. The van der Waals surface area contributed by atoms with Gasteiger partial charge in [-0.1, -0.05) is 12.8 Å². The zero-order chi connectivity index (χ0) is 24.1. The molecule has 182 valence electrons. The Kier molecular flexibility index (Phi) is 5.44. The van der Waals surface area contributed by atoms with Gasteiger partial charge in [-0.15, -0.1) is 0 Å². The van der Waals surface area contributed by atoms with Gasteiger partial charge in [-0.25, -0.2) is 4.98 Å². The number of aryl methyl sites for hydroxylation is 1. The van der Waals surface area contributed by atoms with E-state index in [4.69, 9.17) is 9.72 Å². The lowest BCUT2D eigenvalue weighted by Gasteiger charge is -2.42. The maximum absolute atomic E-state index is 13.4. The number of aromatic nitrogens is 3. The number of hydrogen-bond donors (Lipinski definition) is 2. The van der Waals surface area contributed by atoms with Crippen LogP contribution in [-0.4, -0.2) is 52.6 Å². The van der Waals surface area contributed by atoms with E-state index < -0.39 is 0 Å². The molecule has 0 unspecified atom stereocenters. The van der Waals surface area contributed by atoms with Gasteiger partial charge in [-0.05, 0) is 50.5 Å². The number of fused-ring (bicyclic) bond motifs is 4. The van der Waals surface area contributed by atoms with Crippen molar-refractivity contribution in [1.29, 1.82) is 0 Å². The second kappa shape index (κ2) is 8.64. The van der Waals surface area contributed by atoms with Crippen molar-refractivity contribution in [1.82, 2.24) is 19.9 Å². The van der Waals surface area contributed by atoms with Gasteiger partial charge >= 0.3 is 0 Å². The van der Waals surface area contributed by atoms with Crippen molar-refractivity contribution in [3.63, 3.8) is 0 Å². The molecule has 9 nitrogen and oxygen atoms in total. The minimum absolute atomic E-state index is 0.0528. The third-order valence-corrected chi connectivity index (χ3v) is 7.56. The summed E-state index contributed by atoms with van der Waals surface area (Å²) in [6.45, 7) is 6.73. The Morgan fingerprint density at radius 2 is 2.06 bits per heavy atom. The summed E-state index contributed by atoms with van der Waals surface area (Å²) in [5.41, 5.74) is 3.17. The maximum atomic E-state index is 13.4. The molecule has 2 aromatic heterocycles. The average molecular weight is 475 g/mol. The number of nitrogens with zero attached hydrogens (tertiary/aromatic N) is 4. The predicted octanol–water partition coefficient (Wildman–Crippen LogP) is 3.33. The van der Waals surface area contributed by atoms with Gasteiger partial charge in [-0.2, -0.15) is 4.98 Å². The van der Waals surface area contributed by atoms with Crippen LogP contribution in [0.1, 0.15) is 54.6 Å². The normalized spacial score (nSPS) is 19.8. The summed E-state index contributed by atoms with van der Waals surface area (Å²) in [7, 11) is 0. The fraction of sp³-hybridized carbons (Fsp3) is 0.462. The first kappa shape index (κ1) is 22.0. The summed E-state index contributed by atoms with van der Waals surface area (Å²) in [4.78, 5) is 37.5. The van der Waals surface area contributed by atoms with Crippen molar-refractivity contribution < 1.29 is 9.53 Å². The summed E-state index contributed by atoms with van der Waals surface area (Å²) >= 11 is 0. The number of piperazine rings is 1. The van der Waals surface area contributed by atoms with E-state index in [0.29, 0.717) is 29.8 Å². The van der Waals surface area contributed by atoms with E-state index in [-0.39, 0.29) is 22.9 Å². The highest BCUT2D eigenvalue weighted by Gasteiger charge is 2.30.